The van der Waals surface area contributed by atoms with Gasteiger partial charge in [-0.25, -0.2) is 0 Å². The Morgan fingerprint density at radius 1 is 1.28 bits per heavy atom. The molecular weight excluding hydrogens is 324 g/mol. The van der Waals surface area contributed by atoms with Crippen LogP contribution in [0.3, 0.4) is 0 Å². The molecule has 2 aromatic rings. The highest BCUT2D eigenvalue weighted by Gasteiger charge is 2.15. The number of benzene rings is 1. The zero-order chi connectivity index (χ0) is 13.1. The van der Waals surface area contributed by atoms with Crippen LogP contribution in [0.1, 0.15) is 16.5 Å². The monoisotopic (exact) mass is 333 g/mol. The number of hydrogen-bond donors (Lipinski definition) is 1. The molecule has 1 heterocycles. The average molecular weight is 334 g/mol. The van der Waals surface area contributed by atoms with Gasteiger partial charge in [-0.3, -0.25) is 0 Å². The first-order valence-corrected chi connectivity index (χ1v) is 6.78. The summed E-state index contributed by atoms with van der Waals surface area (Å²) in [6.07, 6.45) is 0. The molecule has 1 unspecified atom stereocenters. The number of thiophene rings is 1. The molecule has 2 N–H and O–H groups in total. The molecule has 0 aliphatic heterocycles. The maximum Gasteiger partial charge on any atom is 0.387 e. The summed E-state index contributed by atoms with van der Waals surface area (Å²) >= 11 is 4.91. The maximum atomic E-state index is 12.1. The number of alkyl halides is 2. The van der Waals surface area contributed by atoms with Gasteiger partial charge in [0, 0.05) is 9.35 Å². The Hall–Kier alpha value is -0.980. The van der Waals surface area contributed by atoms with Crippen molar-refractivity contribution < 1.29 is 13.5 Å². The highest BCUT2D eigenvalue weighted by Crippen LogP contribution is 2.32. The third kappa shape index (κ3) is 3.07. The van der Waals surface area contributed by atoms with Gasteiger partial charge >= 0.3 is 6.61 Å². The molecule has 0 spiro atoms. The lowest BCUT2D eigenvalue weighted by atomic mass is 10.1. The van der Waals surface area contributed by atoms with E-state index < -0.39 is 6.61 Å². The molecule has 18 heavy (non-hydrogen) atoms. The zero-order valence-electron chi connectivity index (χ0n) is 9.15. The second kappa shape index (κ2) is 5.77. The number of rotatable bonds is 4. The van der Waals surface area contributed by atoms with Crippen LogP contribution in [-0.2, 0) is 0 Å². The van der Waals surface area contributed by atoms with Gasteiger partial charge in [-0.05, 0) is 45.1 Å². The third-order valence-electron chi connectivity index (χ3n) is 2.37. The van der Waals surface area contributed by atoms with Crippen LogP contribution in [0.5, 0.6) is 5.75 Å². The summed E-state index contributed by atoms with van der Waals surface area (Å²) in [4.78, 5) is 0.948. The topological polar surface area (TPSA) is 35.2 Å². The molecule has 1 atom stereocenters. The Bertz CT molecular complexity index is 532. The molecule has 2 rings (SSSR count). The van der Waals surface area contributed by atoms with E-state index in [0.29, 0.717) is 0 Å². The molecule has 0 radical (unpaired) electrons. The van der Waals surface area contributed by atoms with Crippen molar-refractivity contribution in [3.05, 3.63) is 50.6 Å². The maximum absolute atomic E-state index is 12.1. The summed E-state index contributed by atoms with van der Waals surface area (Å²) in [5, 5.41) is 1.92. The number of hydrogen-bond acceptors (Lipinski definition) is 3. The molecule has 0 saturated heterocycles. The van der Waals surface area contributed by atoms with Crippen molar-refractivity contribution >= 4 is 27.3 Å². The van der Waals surface area contributed by atoms with Crippen LogP contribution >= 0.6 is 27.3 Å². The van der Waals surface area contributed by atoms with Gasteiger partial charge in [0.2, 0.25) is 0 Å². The summed E-state index contributed by atoms with van der Waals surface area (Å²) in [5.41, 5.74) is 6.83. The Morgan fingerprint density at radius 2 is 2.06 bits per heavy atom. The summed E-state index contributed by atoms with van der Waals surface area (Å²) < 4.78 is 29.5. The normalized spacial score (nSPS) is 12.7. The van der Waals surface area contributed by atoms with E-state index >= 15 is 0 Å². The lowest BCUT2D eigenvalue weighted by Gasteiger charge is -2.13. The van der Waals surface area contributed by atoms with Crippen LogP contribution in [0.25, 0.3) is 0 Å². The van der Waals surface area contributed by atoms with Crippen LogP contribution in [0.15, 0.2) is 40.2 Å². The van der Waals surface area contributed by atoms with E-state index in [2.05, 4.69) is 20.7 Å². The van der Waals surface area contributed by atoms with Crippen LogP contribution in [0.4, 0.5) is 8.78 Å². The number of ether oxygens (including phenoxy) is 1. The largest absolute Gasteiger partial charge is 0.435 e. The minimum Gasteiger partial charge on any atom is -0.435 e. The molecule has 0 aliphatic carbocycles. The van der Waals surface area contributed by atoms with Crippen LogP contribution in [0, 0.1) is 0 Å². The second-order valence-electron chi connectivity index (χ2n) is 3.56. The quantitative estimate of drug-likeness (QED) is 0.911. The third-order valence-corrected chi connectivity index (χ3v) is 4.32. The van der Waals surface area contributed by atoms with Gasteiger partial charge in [0.05, 0.1) is 6.04 Å². The molecule has 2 nitrogen and oxygen atoms in total. The van der Waals surface area contributed by atoms with E-state index in [-0.39, 0.29) is 11.8 Å². The Kier molecular flexibility index (Phi) is 4.31. The van der Waals surface area contributed by atoms with Gasteiger partial charge in [0.1, 0.15) is 5.75 Å². The van der Waals surface area contributed by atoms with Crippen LogP contribution < -0.4 is 10.5 Å². The van der Waals surface area contributed by atoms with Crippen LogP contribution in [-0.4, -0.2) is 6.61 Å². The molecule has 0 saturated carbocycles. The van der Waals surface area contributed by atoms with Gasteiger partial charge in [-0.1, -0.05) is 12.1 Å². The molecule has 1 aromatic carbocycles. The fourth-order valence-corrected chi connectivity index (χ4v) is 3.21. The highest BCUT2D eigenvalue weighted by atomic mass is 79.9. The molecule has 0 fully saturated rings. The smallest absolute Gasteiger partial charge is 0.387 e. The molecular formula is C12H10BrF2NOS. The first-order chi connectivity index (χ1) is 8.58. The fourth-order valence-electron chi connectivity index (χ4n) is 1.56. The van der Waals surface area contributed by atoms with E-state index in [9.17, 15) is 8.78 Å². The number of halogens is 3. The summed E-state index contributed by atoms with van der Waals surface area (Å²) in [5.74, 6) is 0.116. The Labute approximate surface area is 116 Å². The van der Waals surface area contributed by atoms with Crippen molar-refractivity contribution in [3.63, 3.8) is 0 Å². The minimum atomic E-state index is -2.83. The lowest BCUT2D eigenvalue weighted by Crippen LogP contribution is -2.11. The summed E-state index contributed by atoms with van der Waals surface area (Å²) in [7, 11) is 0. The van der Waals surface area contributed by atoms with Crippen molar-refractivity contribution in [1.82, 2.24) is 0 Å². The van der Waals surface area contributed by atoms with Gasteiger partial charge in [0.25, 0.3) is 0 Å². The summed E-state index contributed by atoms with van der Waals surface area (Å²) in [6.45, 7) is -2.83. The van der Waals surface area contributed by atoms with E-state index in [1.807, 2.05) is 11.4 Å². The van der Waals surface area contributed by atoms with E-state index in [4.69, 9.17) is 5.73 Å². The molecule has 6 heteroatoms. The molecule has 1 aromatic heterocycles. The lowest BCUT2D eigenvalue weighted by molar-refractivity contribution is -0.0498. The van der Waals surface area contributed by atoms with Gasteiger partial charge in [-0.15, -0.1) is 11.3 Å². The first-order valence-electron chi connectivity index (χ1n) is 5.11. The first kappa shape index (κ1) is 13.5. The highest BCUT2D eigenvalue weighted by molar-refractivity contribution is 9.10. The van der Waals surface area contributed by atoms with Gasteiger partial charge in [0.15, 0.2) is 0 Å². The average Bonchev–Trinajstić information content (AvgIpc) is 2.74. The van der Waals surface area contributed by atoms with E-state index in [0.717, 1.165) is 14.9 Å². The van der Waals surface area contributed by atoms with E-state index in [1.165, 1.54) is 23.5 Å². The molecule has 96 valence electrons. The minimum absolute atomic E-state index is 0.116. The molecule has 0 bridgehead atoms. The zero-order valence-corrected chi connectivity index (χ0v) is 11.5. The SMILES string of the molecule is NC(c1cccc(OC(F)F)c1)c1sccc1Br. The number of nitrogens with two attached hydrogens (primary N) is 1. The summed E-state index contributed by atoms with van der Waals surface area (Å²) in [6, 6.07) is 7.98. The predicted molar refractivity (Wildman–Crippen MR) is 71.1 cm³/mol. The standard InChI is InChI=1S/C12H10BrF2NOS/c13-9-4-5-18-11(9)10(16)7-2-1-3-8(6-7)17-12(14)15/h1-6,10,12H,16H2. The van der Waals surface area contributed by atoms with Gasteiger partial charge < -0.3 is 10.5 Å². The van der Waals surface area contributed by atoms with Crippen molar-refractivity contribution in [2.75, 3.05) is 0 Å². The second-order valence-corrected chi connectivity index (χ2v) is 5.36. The Morgan fingerprint density at radius 3 is 2.67 bits per heavy atom. The van der Waals surface area contributed by atoms with Gasteiger partial charge in [-0.2, -0.15) is 8.78 Å². The Balaban J connectivity index is 2.25. The molecule has 0 aliphatic rings. The van der Waals surface area contributed by atoms with Crippen molar-refractivity contribution in [2.45, 2.75) is 12.7 Å². The van der Waals surface area contributed by atoms with Crippen LogP contribution in [0.2, 0.25) is 0 Å². The molecule has 0 amide bonds. The predicted octanol–water partition coefficient (Wildman–Crippen LogP) is 4.16. The van der Waals surface area contributed by atoms with Crippen molar-refractivity contribution in [3.8, 4) is 5.75 Å². The van der Waals surface area contributed by atoms with Crippen molar-refractivity contribution in [1.29, 1.82) is 0 Å². The van der Waals surface area contributed by atoms with Crippen molar-refractivity contribution in [2.24, 2.45) is 5.73 Å². The van der Waals surface area contributed by atoms with E-state index in [1.54, 1.807) is 12.1 Å². The fraction of sp³-hybridized carbons (Fsp3) is 0.167.